The van der Waals surface area contributed by atoms with Crippen molar-refractivity contribution in [3.8, 4) is 11.3 Å². The van der Waals surface area contributed by atoms with E-state index in [1.54, 1.807) is 19.4 Å². The minimum Gasteiger partial charge on any atom is -0.469 e. The number of imidazole rings is 1. The van der Waals surface area contributed by atoms with Crippen LogP contribution in [0.5, 0.6) is 0 Å². The number of thioether (sulfide) groups is 1. The maximum absolute atomic E-state index is 12.2. The molecule has 7 heteroatoms. The number of carbonyl (C=O) groups is 2. The molecule has 0 fully saturated rings. The predicted molar refractivity (Wildman–Crippen MR) is 95.8 cm³/mol. The van der Waals surface area contributed by atoms with Crippen molar-refractivity contribution in [2.24, 2.45) is 5.92 Å². The third-order valence-electron chi connectivity index (χ3n) is 3.53. The fourth-order valence-electron chi connectivity index (χ4n) is 2.02. The number of anilines is 1. The Bertz CT molecular complexity index is 671. The van der Waals surface area contributed by atoms with Crippen LogP contribution in [0, 0.1) is 5.92 Å². The summed E-state index contributed by atoms with van der Waals surface area (Å²) in [6.45, 7) is 3.61. The fraction of sp³-hybridized carbons (Fsp3) is 0.353. The number of H-pyrrole nitrogens is 1. The third-order valence-corrected chi connectivity index (χ3v) is 4.94. The second-order valence-corrected chi connectivity index (χ2v) is 6.81. The molecule has 0 saturated heterocycles. The number of aromatic amines is 1. The van der Waals surface area contributed by atoms with E-state index in [1.165, 1.54) is 18.9 Å². The summed E-state index contributed by atoms with van der Waals surface area (Å²) in [4.78, 5) is 30.6. The lowest BCUT2D eigenvalue weighted by atomic mass is 10.1. The van der Waals surface area contributed by atoms with E-state index in [1.807, 2.05) is 31.2 Å². The normalized spacial score (nSPS) is 13.1. The van der Waals surface area contributed by atoms with Crippen molar-refractivity contribution in [1.29, 1.82) is 0 Å². The molecule has 0 unspecified atom stereocenters. The lowest BCUT2D eigenvalue weighted by Crippen LogP contribution is -2.24. The number of rotatable bonds is 7. The lowest BCUT2D eigenvalue weighted by Gasteiger charge is -2.14. The summed E-state index contributed by atoms with van der Waals surface area (Å²) >= 11 is 1.43. The number of aromatic nitrogens is 2. The number of methoxy groups -OCH3 is 1. The van der Waals surface area contributed by atoms with E-state index >= 15 is 0 Å². The van der Waals surface area contributed by atoms with Crippen LogP contribution >= 0.6 is 11.8 Å². The van der Waals surface area contributed by atoms with Gasteiger partial charge < -0.3 is 15.0 Å². The van der Waals surface area contributed by atoms with Gasteiger partial charge >= 0.3 is 5.97 Å². The Morgan fingerprint density at radius 1 is 1.29 bits per heavy atom. The van der Waals surface area contributed by atoms with E-state index in [2.05, 4.69) is 20.0 Å². The van der Waals surface area contributed by atoms with Crippen LogP contribution in [0.25, 0.3) is 11.3 Å². The zero-order chi connectivity index (χ0) is 17.5. The first-order valence-electron chi connectivity index (χ1n) is 7.60. The maximum atomic E-state index is 12.2. The summed E-state index contributed by atoms with van der Waals surface area (Å²) in [5, 5.41) is 2.62. The number of benzene rings is 1. The van der Waals surface area contributed by atoms with Gasteiger partial charge in [0, 0.05) is 11.4 Å². The fourth-order valence-corrected chi connectivity index (χ4v) is 2.95. The zero-order valence-electron chi connectivity index (χ0n) is 13.9. The van der Waals surface area contributed by atoms with Crippen molar-refractivity contribution >= 4 is 29.3 Å². The molecule has 0 spiro atoms. The minimum atomic E-state index is -0.260. The second kappa shape index (κ2) is 8.54. The molecule has 6 nitrogen and oxygen atoms in total. The molecule has 0 aliphatic carbocycles. The molecule has 0 saturated carbocycles. The lowest BCUT2D eigenvalue weighted by molar-refractivity contribution is -0.144. The zero-order valence-corrected chi connectivity index (χ0v) is 14.7. The Hall–Kier alpha value is -2.28. The Balaban J connectivity index is 1.86. The molecule has 2 N–H and O–H groups in total. The first kappa shape index (κ1) is 18.1. The summed E-state index contributed by atoms with van der Waals surface area (Å²) in [6.07, 6.45) is 3.37. The number of hydrogen-bond donors (Lipinski definition) is 2. The summed E-state index contributed by atoms with van der Waals surface area (Å²) < 4.78 is 4.68. The van der Waals surface area contributed by atoms with E-state index in [0.29, 0.717) is 5.75 Å². The number of carbonyl (C=O) groups excluding carboxylic acids is 2. The molecule has 24 heavy (non-hydrogen) atoms. The molecule has 2 atom stereocenters. The van der Waals surface area contributed by atoms with Crippen molar-refractivity contribution < 1.29 is 14.3 Å². The average molecular weight is 347 g/mol. The van der Waals surface area contributed by atoms with Gasteiger partial charge in [0.2, 0.25) is 5.91 Å². The molecule has 0 aliphatic heterocycles. The highest BCUT2D eigenvalue weighted by Gasteiger charge is 2.19. The highest BCUT2D eigenvalue weighted by Crippen LogP contribution is 2.21. The Labute approximate surface area is 145 Å². The topological polar surface area (TPSA) is 84.1 Å². The molecule has 128 valence electrons. The number of hydrogen-bond acceptors (Lipinski definition) is 5. The largest absolute Gasteiger partial charge is 0.469 e. The van der Waals surface area contributed by atoms with Gasteiger partial charge in [-0.25, -0.2) is 4.98 Å². The van der Waals surface area contributed by atoms with Crippen molar-refractivity contribution in [2.75, 3.05) is 18.2 Å². The predicted octanol–water partition coefficient (Wildman–Crippen LogP) is 2.95. The SMILES string of the molecule is COC(=O)[C@H](C)CS[C@H](C)C(=O)Nc1ccc(-c2cnc[nH]2)cc1. The van der Waals surface area contributed by atoms with Gasteiger partial charge in [-0.1, -0.05) is 19.1 Å². The van der Waals surface area contributed by atoms with Gasteiger partial charge in [-0.15, -0.1) is 11.8 Å². The van der Waals surface area contributed by atoms with Gasteiger partial charge in [0.25, 0.3) is 0 Å². The van der Waals surface area contributed by atoms with Crippen molar-refractivity contribution in [2.45, 2.75) is 19.1 Å². The molecule has 0 aliphatic rings. The number of nitrogens with one attached hydrogen (secondary N) is 2. The number of esters is 1. The van der Waals surface area contributed by atoms with Crippen LogP contribution < -0.4 is 5.32 Å². The molecule has 1 aromatic heterocycles. The van der Waals surface area contributed by atoms with Crippen LogP contribution in [-0.2, 0) is 14.3 Å². The van der Waals surface area contributed by atoms with Gasteiger partial charge in [0.15, 0.2) is 0 Å². The molecular weight excluding hydrogens is 326 g/mol. The molecule has 0 radical (unpaired) electrons. The van der Waals surface area contributed by atoms with Crippen LogP contribution in [0.3, 0.4) is 0 Å². The monoisotopic (exact) mass is 347 g/mol. The van der Waals surface area contributed by atoms with E-state index < -0.39 is 0 Å². The summed E-state index contributed by atoms with van der Waals surface area (Å²) in [5.41, 5.74) is 2.66. The summed E-state index contributed by atoms with van der Waals surface area (Å²) in [5.74, 6) is -0.0418. The average Bonchev–Trinajstić information content (AvgIpc) is 3.13. The molecule has 2 rings (SSSR count). The van der Waals surface area contributed by atoms with Crippen LogP contribution in [0.4, 0.5) is 5.69 Å². The van der Waals surface area contributed by atoms with Crippen LogP contribution in [0.2, 0.25) is 0 Å². The van der Waals surface area contributed by atoms with Crippen molar-refractivity contribution in [1.82, 2.24) is 9.97 Å². The summed E-state index contributed by atoms with van der Waals surface area (Å²) in [6, 6.07) is 7.53. The number of nitrogens with zero attached hydrogens (tertiary/aromatic N) is 1. The van der Waals surface area contributed by atoms with Crippen LogP contribution in [0.1, 0.15) is 13.8 Å². The Morgan fingerprint density at radius 2 is 2.00 bits per heavy atom. The van der Waals surface area contributed by atoms with E-state index in [-0.39, 0.29) is 23.0 Å². The van der Waals surface area contributed by atoms with Gasteiger partial charge in [-0.05, 0) is 24.6 Å². The van der Waals surface area contributed by atoms with Crippen molar-refractivity contribution in [3.63, 3.8) is 0 Å². The minimum absolute atomic E-state index is 0.0913. The standard InChI is InChI=1S/C17H21N3O3S/c1-11(17(22)23-3)9-24-12(2)16(21)20-14-6-4-13(5-7-14)15-8-18-10-19-15/h4-8,10-12H,9H2,1-3H3,(H,18,19)(H,20,21)/t11-,12-/m1/s1. The smallest absolute Gasteiger partial charge is 0.309 e. The molecule has 1 aromatic carbocycles. The van der Waals surface area contributed by atoms with Crippen LogP contribution in [-0.4, -0.2) is 40.0 Å². The third kappa shape index (κ3) is 4.86. The molecule has 2 aromatic rings. The van der Waals surface area contributed by atoms with Gasteiger partial charge in [-0.2, -0.15) is 0 Å². The quantitative estimate of drug-likeness (QED) is 0.752. The number of ether oxygens (including phenoxy) is 1. The highest BCUT2D eigenvalue weighted by molar-refractivity contribution is 8.00. The molecule has 1 heterocycles. The van der Waals surface area contributed by atoms with Crippen molar-refractivity contribution in [3.05, 3.63) is 36.8 Å². The van der Waals surface area contributed by atoms with Gasteiger partial charge in [0.1, 0.15) is 0 Å². The molecule has 0 bridgehead atoms. The maximum Gasteiger partial charge on any atom is 0.309 e. The van der Waals surface area contributed by atoms with E-state index in [4.69, 9.17) is 0 Å². The molecular formula is C17H21N3O3S. The second-order valence-electron chi connectivity index (χ2n) is 5.43. The summed E-state index contributed by atoms with van der Waals surface area (Å²) in [7, 11) is 1.37. The molecule has 1 amide bonds. The Morgan fingerprint density at radius 3 is 2.58 bits per heavy atom. The number of amides is 1. The Kier molecular flexibility index (Phi) is 6.43. The first-order valence-corrected chi connectivity index (χ1v) is 8.65. The highest BCUT2D eigenvalue weighted by atomic mass is 32.2. The van der Waals surface area contributed by atoms with E-state index in [0.717, 1.165) is 16.9 Å². The van der Waals surface area contributed by atoms with Gasteiger partial charge in [0.05, 0.1) is 36.5 Å². The first-order chi connectivity index (χ1) is 11.5. The van der Waals surface area contributed by atoms with Crippen LogP contribution in [0.15, 0.2) is 36.8 Å². The van der Waals surface area contributed by atoms with Gasteiger partial charge in [-0.3, -0.25) is 9.59 Å². The van der Waals surface area contributed by atoms with E-state index in [9.17, 15) is 9.59 Å².